The summed E-state index contributed by atoms with van der Waals surface area (Å²) in [7, 11) is 1.60. The zero-order valence-electron chi connectivity index (χ0n) is 12.9. The van der Waals surface area contributed by atoms with Gasteiger partial charge in [0.1, 0.15) is 11.4 Å². The quantitative estimate of drug-likeness (QED) is 0.860. The van der Waals surface area contributed by atoms with Gasteiger partial charge in [0, 0.05) is 0 Å². The van der Waals surface area contributed by atoms with E-state index >= 15 is 0 Å². The van der Waals surface area contributed by atoms with Gasteiger partial charge in [0.25, 0.3) is 0 Å². The Labute approximate surface area is 130 Å². The second kappa shape index (κ2) is 7.09. The second-order valence-corrected chi connectivity index (χ2v) is 5.44. The lowest BCUT2D eigenvalue weighted by molar-refractivity contribution is -0.121. The van der Waals surface area contributed by atoms with E-state index in [1.807, 2.05) is 54.6 Å². The van der Waals surface area contributed by atoms with E-state index in [1.54, 1.807) is 14.0 Å². The molecule has 2 aromatic rings. The summed E-state index contributed by atoms with van der Waals surface area (Å²) >= 11 is 0. The van der Waals surface area contributed by atoms with E-state index in [0.717, 1.165) is 16.9 Å². The highest BCUT2D eigenvalue weighted by Crippen LogP contribution is 2.19. The molecule has 2 rings (SSSR count). The van der Waals surface area contributed by atoms with Gasteiger partial charge < -0.3 is 15.2 Å². The van der Waals surface area contributed by atoms with Crippen LogP contribution in [0.15, 0.2) is 54.6 Å². The summed E-state index contributed by atoms with van der Waals surface area (Å²) in [5, 5.41) is 13.2. The molecule has 0 heterocycles. The molecule has 0 spiro atoms. The first kappa shape index (κ1) is 16.0. The van der Waals surface area contributed by atoms with Gasteiger partial charge in [-0.25, -0.2) is 0 Å². The number of hydrogen-bond acceptors (Lipinski definition) is 3. The van der Waals surface area contributed by atoms with E-state index in [9.17, 15) is 9.90 Å². The molecule has 4 nitrogen and oxygen atoms in total. The first-order valence-corrected chi connectivity index (χ1v) is 7.19. The van der Waals surface area contributed by atoms with Crippen LogP contribution < -0.4 is 10.1 Å². The molecule has 0 aliphatic rings. The average molecular weight is 299 g/mol. The maximum Gasteiger partial charge on any atom is 0.224 e. The monoisotopic (exact) mass is 299 g/mol. The first-order valence-electron chi connectivity index (χ1n) is 7.19. The van der Waals surface area contributed by atoms with Crippen LogP contribution in [0.25, 0.3) is 0 Å². The number of carbonyl (C=O) groups excluding carboxylic acids is 1. The molecule has 116 valence electrons. The van der Waals surface area contributed by atoms with Crippen LogP contribution in [0.1, 0.15) is 18.1 Å². The van der Waals surface area contributed by atoms with Crippen LogP contribution >= 0.6 is 0 Å². The molecule has 0 radical (unpaired) electrons. The lowest BCUT2D eigenvalue weighted by Crippen LogP contribution is -2.39. The van der Waals surface area contributed by atoms with Gasteiger partial charge in [-0.2, -0.15) is 0 Å². The molecule has 1 amide bonds. The third-order valence-corrected chi connectivity index (χ3v) is 3.55. The molecule has 0 saturated carbocycles. The first-order chi connectivity index (χ1) is 10.5. The second-order valence-electron chi connectivity index (χ2n) is 5.44. The summed E-state index contributed by atoms with van der Waals surface area (Å²) in [5.74, 6) is 0.637. The fourth-order valence-electron chi connectivity index (χ4n) is 2.16. The minimum Gasteiger partial charge on any atom is -0.497 e. The van der Waals surface area contributed by atoms with Crippen LogP contribution in [0.4, 0.5) is 0 Å². The van der Waals surface area contributed by atoms with Crippen LogP contribution in [0.2, 0.25) is 0 Å². The van der Waals surface area contributed by atoms with E-state index in [-0.39, 0.29) is 18.9 Å². The fourth-order valence-corrected chi connectivity index (χ4v) is 2.16. The Morgan fingerprint density at radius 3 is 2.36 bits per heavy atom. The van der Waals surface area contributed by atoms with Crippen molar-refractivity contribution in [3.8, 4) is 5.75 Å². The van der Waals surface area contributed by atoms with E-state index < -0.39 is 5.60 Å². The zero-order chi connectivity index (χ0) is 16.0. The van der Waals surface area contributed by atoms with Crippen molar-refractivity contribution in [3.05, 3.63) is 65.7 Å². The number of amides is 1. The highest BCUT2D eigenvalue weighted by molar-refractivity contribution is 5.78. The Balaban J connectivity index is 1.89. The molecule has 0 aromatic heterocycles. The number of benzene rings is 2. The number of rotatable bonds is 6. The summed E-state index contributed by atoms with van der Waals surface area (Å²) in [6.07, 6.45) is 0.273. The molecule has 22 heavy (non-hydrogen) atoms. The maximum absolute atomic E-state index is 12.0. The van der Waals surface area contributed by atoms with Crippen molar-refractivity contribution >= 4 is 5.91 Å². The average Bonchev–Trinajstić information content (AvgIpc) is 2.55. The van der Waals surface area contributed by atoms with E-state index in [1.165, 1.54) is 0 Å². The normalized spacial score (nSPS) is 13.2. The number of ether oxygens (including phenoxy) is 1. The fraction of sp³-hybridized carbons (Fsp3) is 0.278. The molecule has 2 N–H and O–H groups in total. The molecule has 0 saturated heterocycles. The summed E-state index contributed by atoms with van der Waals surface area (Å²) < 4.78 is 5.08. The Hall–Kier alpha value is -2.33. The van der Waals surface area contributed by atoms with Gasteiger partial charge in [-0.3, -0.25) is 4.79 Å². The Morgan fingerprint density at radius 1 is 1.14 bits per heavy atom. The summed E-state index contributed by atoms with van der Waals surface area (Å²) in [6, 6.07) is 16.7. The minimum absolute atomic E-state index is 0.124. The molecule has 1 unspecified atom stereocenters. The van der Waals surface area contributed by atoms with Crippen molar-refractivity contribution in [2.75, 3.05) is 13.7 Å². The molecule has 0 aliphatic carbocycles. The molecular weight excluding hydrogens is 278 g/mol. The van der Waals surface area contributed by atoms with Crippen LogP contribution in [-0.4, -0.2) is 24.7 Å². The summed E-state index contributed by atoms with van der Waals surface area (Å²) in [6.45, 7) is 1.86. The molecule has 0 bridgehead atoms. The number of aliphatic hydroxyl groups is 1. The van der Waals surface area contributed by atoms with Crippen LogP contribution in [-0.2, 0) is 16.8 Å². The minimum atomic E-state index is -1.09. The third-order valence-electron chi connectivity index (χ3n) is 3.55. The van der Waals surface area contributed by atoms with Gasteiger partial charge in [-0.15, -0.1) is 0 Å². The summed E-state index contributed by atoms with van der Waals surface area (Å²) in [4.78, 5) is 12.0. The van der Waals surface area contributed by atoms with Crippen LogP contribution in [0.3, 0.4) is 0 Å². The Morgan fingerprint density at radius 2 is 1.77 bits per heavy atom. The molecule has 0 aliphatic heterocycles. The maximum atomic E-state index is 12.0. The number of hydrogen-bond donors (Lipinski definition) is 2. The van der Waals surface area contributed by atoms with Gasteiger partial charge >= 0.3 is 0 Å². The predicted molar refractivity (Wildman–Crippen MR) is 85.7 cm³/mol. The Bertz CT molecular complexity index is 606. The van der Waals surface area contributed by atoms with Crippen molar-refractivity contribution < 1.29 is 14.6 Å². The van der Waals surface area contributed by atoms with E-state index in [0.29, 0.717) is 0 Å². The van der Waals surface area contributed by atoms with Crippen molar-refractivity contribution in [1.82, 2.24) is 5.32 Å². The van der Waals surface area contributed by atoms with E-state index in [4.69, 9.17) is 4.74 Å². The molecule has 4 heteroatoms. The van der Waals surface area contributed by atoms with Crippen LogP contribution in [0.5, 0.6) is 5.75 Å². The summed E-state index contributed by atoms with van der Waals surface area (Å²) in [5.41, 5.74) is 0.592. The van der Waals surface area contributed by atoms with Gasteiger partial charge in [-0.1, -0.05) is 42.5 Å². The van der Waals surface area contributed by atoms with Gasteiger partial charge in [0.05, 0.1) is 20.1 Å². The van der Waals surface area contributed by atoms with Gasteiger partial charge in [0.15, 0.2) is 0 Å². The zero-order valence-corrected chi connectivity index (χ0v) is 12.9. The standard InChI is InChI=1S/C18H21NO3/c1-18(21,15-6-4-3-5-7-15)13-19-17(20)12-14-8-10-16(22-2)11-9-14/h3-11,21H,12-13H2,1-2H3,(H,19,20). The number of nitrogens with one attached hydrogen (secondary N) is 1. The van der Waals surface area contributed by atoms with Crippen molar-refractivity contribution in [2.45, 2.75) is 18.9 Å². The molecule has 2 aromatic carbocycles. The lowest BCUT2D eigenvalue weighted by atomic mass is 9.96. The molecule has 1 atom stereocenters. The lowest BCUT2D eigenvalue weighted by Gasteiger charge is -2.24. The highest BCUT2D eigenvalue weighted by Gasteiger charge is 2.23. The van der Waals surface area contributed by atoms with Gasteiger partial charge in [-0.05, 0) is 30.2 Å². The van der Waals surface area contributed by atoms with Crippen molar-refractivity contribution in [2.24, 2.45) is 0 Å². The third kappa shape index (κ3) is 4.33. The predicted octanol–water partition coefficient (Wildman–Crippen LogP) is 2.26. The molecule has 0 fully saturated rings. The van der Waals surface area contributed by atoms with Crippen LogP contribution in [0, 0.1) is 0 Å². The van der Waals surface area contributed by atoms with Gasteiger partial charge in [0.2, 0.25) is 5.91 Å². The SMILES string of the molecule is COc1ccc(CC(=O)NCC(C)(O)c2ccccc2)cc1. The highest BCUT2D eigenvalue weighted by atomic mass is 16.5. The van der Waals surface area contributed by atoms with Crippen molar-refractivity contribution in [1.29, 1.82) is 0 Å². The smallest absolute Gasteiger partial charge is 0.224 e. The largest absolute Gasteiger partial charge is 0.497 e. The number of carbonyl (C=O) groups is 1. The Kier molecular flexibility index (Phi) is 5.17. The topological polar surface area (TPSA) is 58.6 Å². The number of methoxy groups -OCH3 is 1. The van der Waals surface area contributed by atoms with E-state index in [2.05, 4.69) is 5.32 Å². The van der Waals surface area contributed by atoms with Crippen molar-refractivity contribution in [3.63, 3.8) is 0 Å². The molecular formula is C18H21NO3.